The highest BCUT2D eigenvalue weighted by atomic mass is 16.6. The van der Waals surface area contributed by atoms with E-state index in [1.165, 1.54) is 0 Å². The fraction of sp³-hybridized carbons (Fsp3) is 0.0833. The maximum absolute atomic E-state index is 12.4. The second kappa shape index (κ2) is 9.04. The standard InChI is InChI=1S/C24H18N2O5/c1-29-20-9-5-8-19(14-20)23-25-21(31-26-23)15-30-24(28)18-12-10-17(11-13-18)22(27)16-6-3-2-4-7-16/h2-14H,15H2,1H3. The molecule has 0 aliphatic heterocycles. The van der Waals surface area contributed by atoms with Crippen LogP contribution in [-0.2, 0) is 11.3 Å². The summed E-state index contributed by atoms with van der Waals surface area (Å²) in [5.41, 5.74) is 2.11. The molecule has 0 aliphatic carbocycles. The zero-order chi connectivity index (χ0) is 21.6. The van der Waals surface area contributed by atoms with Gasteiger partial charge in [-0.15, -0.1) is 0 Å². The lowest BCUT2D eigenvalue weighted by Crippen LogP contribution is -2.07. The van der Waals surface area contributed by atoms with Crippen LogP contribution >= 0.6 is 0 Å². The van der Waals surface area contributed by atoms with Crippen LogP contribution in [0.1, 0.15) is 32.2 Å². The summed E-state index contributed by atoms with van der Waals surface area (Å²) >= 11 is 0. The van der Waals surface area contributed by atoms with Crippen molar-refractivity contribution in [3.8, 4) is 17.1 Å². The molecule has 0 radical (unpaired) electrons. The molecule has 0 spiro atoms. The van der Waals surface area contributed by atoms with E-state index in [0.29, 0.717) is 28.3 Å². The molecule has 7 heteroatoms. The highest BCUT2D eigenvalue weighted by Gasteiger charge is 2.14. The molecule has 4 aromatic rings. The summed E-state index contributed by atoms with van der Waals surface area (Å²) < 4.78 is 15.6. The summed E-state index contributed by atoms with van der Waals surface area (Å²) in [6.07, 6.45) is 0. The Balaban J connectivity index is 1.38. The van der Waals surface area contributed by atoms with Crippen molar-refractivity contribution in [2.24, 2.45) is 0 Å². The van der Waals surface area contributed by atoms with Gasteiger partial charge in [0.15, 0.2) is 12.4 Å². The third-order valence-corrected chi connectivity index (χ3v) is 4.54. The monoisotopic (exact) mass is 414 g/mol. The first-order valence-corrected chi connectivity index (χ1v) is 9.48. The maximum atomic E-state index is 12.4. The number of carbonyl (C=O) groups is 2. The lowest BCUT2D eigenvalue weighted by atomic mass is 10.0. The van der Waals surface area contributed by atoms with Crippen LogP contribution in [0.2, 0.25) is 0 Å². The van der Waals surface area contributed by atoms with Gasteiger partial charge in [-0.1, -0.05) is 59.8 Å². The largest absolute Gasteiger partial charge is 0.497 e. The molecule has 0 aliphatic rings. The van der Waals surface area contributed by atoms with E-state index in [1.807, 2.05) is 24.3 Å². The number of methoxy groups -OCH3 is 1. The van der Waals surface area contributed by atoms with Crippen LogP contribution in [0.25, 0.3) is 11.4 Å². The van der Waals surface area contributed by atoms with Crippen molar-refractivity contribution in [3.05, 3.63) is 101 Å². The molecular weight excluding hydrogens is 396 g/mol. The van der Waals surface area contributed by atoms with Gasteiger partial charge in [0.1, 0.15) is 5.75 Å². The quantitative estimate of drug-likeness (QED) is 0.328. The average Bonchev–Trinajstić information content (AvgIpc) is 3.32. The van der Waals surface area contributed by atoms with E-state index >= 15 is 0 Å². The predicted molar refractivity (Wildman–Crippen MR) is 112 cm³/mol. The molecular formula is C24H18N2O5. The highest BCUT2D eigenvalue weighted by Crippen LogP contribution is 2.21. The van der Waals surface area contributed by atoms with Gasteiger partial charge in [-0.05, 0) is 24.3 Å². The maximum Gasteiger partial charge on any atom is 0.338 e. The zero-order valence-corrected chi connectivity index (χ0v) is 16.6. The average molecular weight is 414 g/mol. The Bertz CT molecular complexity index is 1200. The first-order chi connectivity index (χ1) is 15.1. The summed E-state index contributed by atoms with van der Waals surface area (Å²) in [5.74, 6) is 0.538. The second-order valence-corrected chi connectivity index (χ2v) is 6.59. The molecule has 154 valence electrons. The fourth-order valence-corrected chi connectivity index (χ4v) is 2.92. The normalized spacial score (nSPS) is 10.5. The fourth-order valence-electron chi connectivity index (χ4n) is 2.92. The molecule has 0 unspecified atom stereocenters. The Morgan fingerprint density at radius 2 is 1.58 bits per heavy atom. The zero-order valence-electron chi connectivity index (χ0n) is 16.6. The second-order valence-electron chi connectivity index (χ2n) is 6.59. The van der Waals surface area contributed by atoms with E-state index in [4.69, 9.17) is 14.0 Å². The Morgan fingerprint density at radius 1 is 0.871 bits per heavy atom. The number of hydrogen-bond donors (Lipinski definition) is 0. The van der Waals surface area contributed by atoms with E-state index < -0.39 is 5.97 Å². The van der Waals surface area contributed by atoms with Crippen LogP contribution in [0.15, 0.2) is 83.4 Å². The Hall–Kier alpha value is -4.26. The smallest absolute Gasteiger partial charge is 0.338 e. The molecule has 0 N–H and O–H groups in total. The van der Waals surface area contributed by atoms with Gasteiger partial charge >= 0.3 is 5.97 Å². The molecule has 0 saturated carbocycles. The summed E-state index contributed by atoms with van der Waals surface area (Å²) in [6.45, 7) is -0.166. The number of ether oxygens (including phenoxy) is 2. The molecule has 4 rings (SSSR count). The summed E-state index contributed by atoms with van der Waals surface area (Å²) in [4.78, 5) is 29.0. The van der Waals surface area contributed by atoms with Crippen molar-refractivity contribution in [1.29, 1.82) is 0 Å². The first-order valence-electron chi connectivity index (χ1n) is 9.48. The Kier molecular flexibility index (Phi) is 5.84. The van der Waals surface area contributed by atoms with Crippen LogP contribution in [0, 0.1) is 0 Å². The summed E-state index contributed by atoms with van der Waals surface area (Å²) in [7, 11) is 1.57. The third kappa shape index (κ3) is 4.67. The van der Waals surface area contributed by atoms with Crippen LogP contribution in [-0.4, -0.2) is 29.0 Å². The number of hydrogen-bond acceptors (Lipinski definition) is 7. The van der Waals surface area contributed by atoms with Crippen LogP contribution < -0.4 is 4.74 Å². The molecule has 0 atom stereocenters. The minimum Gasteiger partial charge on any atom is -0.497 e. The summed E-state index contributed by atoms with van der Waals surface area (Å²) in [6, 6.07) is 22.5. The van der Waals surface area contributed by atoms with E-state index in [0.717, 1.165) is 5.56 Å². The van der Waals surface area contributed by atoms with E-state index in [1.54, 1.807) is 61.7 Å². The molecule has 31 heavy (non-hydrogen) atoms. The lowest BCUT2D eigenvalue weighted by molar-refractivity contribution is 0.0429. The van der Waals surface area contributed by atoms with E-state index in [-0.39, 0.29) is 18.3 Å². The van der Waals surface area contributed by atoms with Crippen LogP contribution in [0.5, 0.6) is 5.75 Å². The number of rotatable bonds is 7. The van der Waals surface area contributed by atoms with Gasteiger partial charge in [-0.2, -0.15) is 4.98 Å². The van der Waals surface area contributed by atoms with Crippen molar-refractivity contribution in [1.82, 2.24) is 10.1 Å². The molecule has 0 bridgehead atoms. The number of aromatic nitrogens is 2. The van der Waals surface area contributed by atoms with Gasteiger partial charge in [0, 0.05) is 16.7 Å². The third-order valence-electron chi connectivity index (χ3n) is 4.54. The predicted octanol–water partition coefficient (Wildman–Crippen LogP) is 4.33. The number of benzene rings is 3. The van der Waals surface area contributed by atoms with Crippen molar-refractivity contribution < 1.29 is 23.6 Å². The Labute approximate surface area is 178 Å². The van der Waals surface area contributed by atoms with Gasteiger partial charge in [-0.3, -0.25) is 4.79 Å². The van der Waals surface area contributed by atoms with Gasteiger partial charge < -0.3 is 14.0 Å². The number of carbonyl (C=O) groups excluding carboxylic acids is 2. The number of nitrogens with zero attached hydrogens (tertiary/aromatic N) is 2. The number of esters is 1. The molecule has 1 heterocycles. The first kappa shape index (κ1) is 20.0. The minimum atomic E-state index is -0.556. The van der Waals surface area contributed by atoms with Gasteiger partial charge in [-0.25, -0.2) is 4.79 Å². The SMILES string of the molecule is COc1cccc(-c2noc(COC(=O)c3ccc(C(=O)c4ccccc4)cc3)n2)c1. The highest BCUT2D eigenvalue weighted by molar-refractivity contribution is 6.09. The molecule has 0 saturated heterocycles. The van der Waals surface area contributed by atoms with E-state index in [9.17, 15) is 9.59 Å². The Morgan fingerprint density at radius 3 is 2.32 bits per heavy atom. The van der Waals surface area contributed by atoms with Crippen molar-refractivity contribution in [3.63, 3.8) is 0 Å². The molecule has 0 amide bonds. The van der Waals surface area contributed by atoms with Gasteiger partial charge in [0.2, 0.25) is 5.82 Å². The van der Waals surface area contributed by atoms with Crippen molar-refractivity contribution >= 4 is 11.8 Å². The van der Waals surface area contributed by atoms with Crippen molar-refractivity contribution in [2.45, 2.75) is 6.61 Å². The minimum absolute atomic E-state index is 0.114. The van der Waals surface area contributed by atoms with Gasteiger partial charge in [0.05, 0.1) is 12.7 Å². The van der Waals surface area contributed by atoms with Crippen LogP contribution in [0.4, 0.5) is 0 Å². The molecule has 3 aromatic carbocycles. The van der Waals surface area contributed by atoms with Gasteiger partial charge in [0.25, 0.3) is 5.89 Å². The summed E-state index contributed by atoms with van der Waals surface area (Å²) in [5, 5.41) is 3.90. The van der Waals surface area contributed by atoms with Crippen LogP contribution in [0.3, 0.4) is 0 Å². The molecule has 7 nitrogen and oxygen atoms in total. The van der Waals surface area contributed by atoms with E-state index in [2.05, 4.69) is 10.1 Å². The van der Waals surface area contributed by atoms with Crippen molar-refractivity contribution in [2.75, 3.05) is 7.11 Å². The number of ketones is 1. The topological polar surface area (TPSA) is 91.5 Å². The lowest BCUT2D eigenvalue weighted by Gasteiger charge is -2.04. The molecule has 0 fully saturated rings. The molecule has 1 aromatic heterocycles.